The first-order valence-corrected chi connectivity index (χ1v) is 14.4. The minimum Gasteiger partial charge on any atom is -0.308 e. The highest BCUT2D eigenvalue weighted by molar-refractivity contribution is 6.10. The molecular formula is C38H30N4. The summed E-state index contributed by atoms with van der Waals surface area (Å²) < 4.78 is 4.66. The lowest BCUT2D eigenvalue weighted by Gasteiger charge is -2.12. The molecule has 202 valence electrons. The van der Waals surface area contributed by atoms with Gasteiger partial charge in [0, 0.05) is 45.1 Å². The summed E-state index contributed by atoms with van der Waals surface area (Å²) in [6.45, 7) is 8.61. The number of hydrogen-bond donors (Lipinski definition) is 0. The lowest BCUT2D eigenvalue weighted by Crippen LogP contribution is -1.98. The summed E-state index contributed by atoms with van der Waals surface area (Å²) in [4.78, 5) is 9.44. The fourth-order valence-electron chi connectivity index (χ4n) is 6.47. The molecule has 0 radical (unpaired) electrons. The Hall–Kier alpha value is -5.22. The van der Waals surface area contributed by atoms with E-state index in [2.05, 4.69) is 122 Å². The number of aryl methyl sites for hydroxylation is 4. The van der Waals surface area contributed by atoms with Crippen LogP contribution >= 0.6 is 0 Å². The molecule has 0 aliphatic carbocycles. The second-order valence-electron chi connectivity index (χ2n) is 11.6. The van der Waals surface area contributed by atoms with E-state index in [-0.39, 0.29) is 0 Å². The molecule has 4 aromatic carbocycles. The van der Waals surface area contributed by atoms with Gasteiger partial charge in [0.25, 0.3) is 0 Å². The molecule has 4 heteroatoms. The Morgan fingerprint density at radius 2 is 0.690 bits per heavy atom. The van der Waals surface area contributed by atoms with Crippen LogP contribution in [0.1, 0.15) is 22.3 Å². The van der Waals surface area contributed by atoms with Crippen LogP contribution in [0.4, 0.5) is 0 Å². The highest BCUT2D eigenvalue weighted by Gasteiger charge is 2.16. The van der Waals surface area contributed by atoms with Crippen LogP contribution in [0.3, 0.4) is 0 Å². The van der Waals surface area contributed by atoms with Gasteiger partial charge in [-0.1, -0.05) is 46.5 Å². The molecule has 8 rings (SSSR count). The summed E-state index contributed by atoms with van der Waals surface area (Å²) in [7, 11) is 0. The first kappa shape index (κ1) is 24.6. The molecule has 0 unspecified atom stereocenters. The van der Waals surface area contributed by atoms with Crippen molar-refractivity contribution in [2.45, 2.75) is 27.7 Å². The first-order valence-electron chi connectivity index (χ1n) is 14.4. The lowest BCUT2D eigenvalue weighted by molar-refractivity contribution is 1.13. The summed E-state index contributed by atoms with van der Waals surface area (Å²) in [5, 5.41) is 5.05. The van der Waals surface area contributed by atoms with Crippen molar-refractivity contribution in [3.8, 4) is 22.5 Å². The van der Waals surface area contributed by atoms with Crippen LogP contribution in [0.2, 0.25) is 0 Å². The zero-order valence-corrected chi connectivity index (χ0v) is 24.2. The van der Waals surface area contributed by atoms with Crippen molar-refractivity contribution in [1.82, 2.24) is 19.1 Å². The molecule has 0 aliphatic heterocycles. The Balaban J connectivity index is 1.31. The molecule has 42 heavy (non-hydrogen) atoms. The number of benzene rings is 4. The highest BCUT2D eigenvalue weighted by atomic mass is 15.0. The number of pyridine rings is 2. The second-order valence-corrected chi connectivity index (χ2v) is 11.6. The van der Waals surface area contributed by atoms with Crippen LogP contribution in [0, 0.1) is 27.7 Å². The van der Waals surface area contributed by atoms with Crippen molar-refractivity contribution >= 4 is 43.6 Å². The number of nitrogens with zero attached hydrogens (tertiary/aromatic N) is 4. The van der Waals surface area contributed by atoms with Crippen molar-refractivity contribution in [2.75, 3.05) is 0 Å². The normalized spacial score (nSPS) is 11.8. The minimum atomic E-state index is 1.03. The van der Waals surface area contributed by atoms with Crippen LogP contribution in [0.15, 0.2) is 110 Å². The van der Waals surface area contributed by atoms with E-state index in [0.29, 0.717) is 0 Å². The van der Waals surface area contributed by atoms with Crippen LogP contribution in [0.5, 0.6) is 0 Å². The van der Waals surface area contributed by atoms with Gasteiger partial charge in [0.05, 0.1) is 45.8 Å². The molecule has 0 saturated carbocycles. The van der Waals surface area contributed by atoms with Gasteiger partial charge in [-0.3, -0.25) is 9.97 Å². The van der Waals surface area contributed by atoms with Gasteiger partial charge in [-0.2, -0.15) is 0 Å². The average Bonchev–Trinajstić information content (AvgIpc) is 3.48. The van der Waals surface area contributed by atoms with E-state index in [1.807, 2.05) is 24.8 Å². The van der Waals surface area contributed by atoms with Gasteiger partial charge >= 0.3 is 0 Å². The maximum atomic E-state index is 4.72. The molecule has 0 fully saturated rings. The number of rotatable bonds is 3. The van der Waals surface area contributed by atoms with Crippen molar-refractivity contribution in [3.63, 3.8) is 0 Å². The van der Waals surface area contributed by atoms with Crippen LogP contribution in [-0.2, 0) is 0 Å². The van der Waals surface area contributed by atoms with Crippen LogP contribution in [-0.4, -0.2) is 19.1 Å². The van der Waals surface area contributed by atoms with E-state index in [4.69, 9.17) is 9.97 Å². The van der Waals surface area contributed by atoms with Crippen LogP contribution in [0.25, 0.3) is 66.1 Å². The van der Waals surface area contributed by atoms with E-state index >= 15 is 0 Å². The minimum absolute atomic E-state index is 1.03. The maximum Gasteiger partial charge on any atom is 0.0651 e. The quantitative estimate of drug-likeness (QED) is 0.223. The van der Waals surface area contributed by atoms with Crippen molar-refractivity contribution < 1.29 is 0 Å². The van der Waals surface area contributed by atoms with Gasteiger partial charge < -0.3 is 9.13 Å². The Morgan fingerprint density at radius 1 is 0.381 bits per heavy atom. The van der Waals surface area contributed by atoms with Gasteiger partial charge in [-0.05, 0) is 88.4 Å². The molecule has 0 N–H and O–H groups in total. The second kappa shape index (κ2) is 9.15. The van der Waals surface area contributed by atoms with Crippen molar-refractivity contribution in [3.05, 3.63) is 132 Å². The molecule has 0 amide bonds. The molecule has 8 aromatic rings. The molecule has 0 spiro atoms. The summed E-state index contributed by atoms with van der Waals surface area (Å²) >= 11 is 0. The Bertz CT molecular complexity index is 2070. The summed E-state index contributed by atoms with van der Waals surface area (Å²) in [6.07, 6.45) is 7.78. The first-order chi connectivity index (χ1) is 20.4. The third kappa shape index (κ3) is 3.76. The van der Waals surface area contributed by atoms with E-state index in [9.17, 15) is 0 Å². The monoisotopic (exact) mass is 542 g/mol. The van der Waals surface area contributed by atoms with E-state index < -0.39 is 0 Å². The Labute approximate surface area is 244 Å². The smallest absolute Gasteiger partial charge is 0.0651 e. The van der Waals surface area contributed by atoms with Gasteiger partial charge in [0.2, 0.25) is 0 Å². The molecule has 0 saturated heterocycles. The molecule has 0 bridgehead atoms. The molecular weight excluding hydrogens is 512 g/mol. The van der Waals surface area contributed by atoms with E-state index in [1.165, 1.54) is 65.9 Å². The third-order valence-electron chi connectivity index (χ3n) is 8.45. The zero-order chi connectivity index (χ0) is 28.5. The third-order valence-corrected chi connectivity index (χ3v) is 8.45. The van der Waals surface area contributed by atoms with Gasteiger partial charge in [0.15, 0.2) is 0 Å². The number of fused-ring (bicyclic) bond motifs is 6. The average molecular weight is 543 g/mol. The fourth-order valence-corrected chi connectivity index (χ4v) is 6.47. The highest BCUT2D eigenvalue weighted by Crippen LogP contribution is 2.36. The SMILES string of the molecule is Cc1ccc2c(c1)c1cc(C)ccc1n2-c1cncc(-c2cncc(-n3c4ccc(C)cc4c4cc(C)ccc43)c2)c1. The van der Waals surface area contributed by atoms with E-state index in [1.54, 1.807) is 0 Å². The van der Waals surface area contributed by atoms with Crippen LogP contribution < -0.4 is 0 Å². The van der Waals surface area contributed by atoms with Gasteiger partial charge in [-0.25, -0.2) is 0 Å². The predicted octanol–water partition coefficient (Wildman–Crippen LogP) is 9.57. The fraction of sp³-hybridized carbons (Fsp3) is 0.105. The largest absolute Gasteiger partial charge is 0.308 e. The Kier molecular flexibility index (Phi) is 5.35. The van der Waals surface area contributed by atoms with Crippen molar-refractivity contribution in [1.29, 1.82) is 0 Å². The molecule has 4 heterocycles. The summed E-state index contributed by atoms with van der Waals surface area (Å²) in [5.74, 6) is 0. The predicted molar refractivity (Wildman–Crippen MR) is 175 cm³/mol. The number of aromatic nitrogens is 4. The lowest BCUT2D eigenvalue weighted by atomic mass is 10.1. The summed E-state index contributed by atoms with van der Waals surface area (Å²) in [6, 6.07) is 31.2. The maximum absolute atomic E-state index is 4.72. The molecule has 0 aliphatic rings. The molecule has 4 nitrogen and oxygen atoms in total. The molecule has 4 aromatic heterocycles. The van der Waals surface area contributed by atoms with Gasteiger partial charge in [0.1, 0.15) is 0 Å². The van der Waals surface area contributed by atoms with E-state index in [0.717, 1.165) is 22.5 Å². The summed E-state index contributed by atoms with van der Waals surface area (Å²) in [5.41, 5.74) is 13.9. The zero-order valence-electron chi connectivity index (χ0n) is 24.2. The molecule has 0 atom stereocenters. The number of hydrogen-bond acceptors (Lipinski definition) is 2. The van der Waals surface area contributed by atoms with Gasteiger partial charge in [-0.15, -0.1) is 0 Å². The Morgan fingerprint density at radius 3 is 1.00 bits per heavy atom. The van der Waals surface area contributed by atoms with Crippen molar-refractivity contribution in [2.24, 2.45) is 0 Å². The standard InChI is InChI=1S/C38H30N4/c1-23-5-9-35-31(13-23)32-14-24(2)6-10-36(32)41(35)29-17-27(19-39-21-29)28-18-30(22-40-20-28)42-37-11-7-25(3)15-33(37)34-16-26(4)8-12-38(34)42/h5-22H,1-4H3. The topological polar surface area (TPSA) is 35.6 Å².